The second-order valence-electron chi connectivity index (χ2n) is 11.2. The summed E-state index contributed by atoms with van der Waals surface area (Å²) in [6.07, 6.45) is 13.9. The summed E-state index contributed by atoms with van der Waals surface area (Å²) in [5, 5.41) is 8.04. The van der Waals surface area contributed by atoms with Crippen LogP contribution in [0.4, 0.5) is 11.5 Å². The third kappa shape index (κ3) is 6.01. The van der Waals surface area contributed by atoms with Crippen LogP contribution >= 0.6 is 0 Å². The summed E-state index contributed by atoms with van der Waals surface area (Å²) in [4.78, 5) is 22.9. The molecule has 2 aliphatic rings. The van der Waals surface area contributed by atoms with E-state index in [4.69, 9.17) is 5.73 Å². The zero-order valence-corrected chi connectivity index (χ0v) is 22.8. The molecule has 1 aliphatic heterocycles. The molecule has 2 aromatic heterocycles. The number of piperidine rings is 1. The van der Waals surface area contributed by atoms with Gasteiger partial charge in [0.15, 0.2) is 0 Å². The molecule has 0 spiro atoms. The number of carbonyl (C=O) groups is 1. The van der Waals surface area contributed by atoms with E-state index in [0.29, 0.717) is 23.4 Å². The number of amides is 1. The predicted molar refractivity (Wildman–Crippen MR) is 158 cm³/mol. The lowest BCUT2D eigenvalue weighted by Crippen LogP contribution is -2.39. The number of benzene rings is 2. The molecular weight excluding hydrogens is 498 g/mol. The van der Waals surface area contributed by atoms with Crippen molar-refractivity contribution in [2.24, 2.45) is 17.6 Å². The van der Waals surface area contributed by atoms with Crippen molar-refractivity contribution in [3.63, 3.8) is 0 Å². The van der Waals surface area contributed by atoms with Crippen LogP contribution in [-0.2, 0) is 0 Å². The van der Waals surface area contributed by atoms with Crippen molar-refractivity contribution < 1.29 is 4.79 Å². The van der Waals surface area contributed by atoms with E-state index in [2.05, 4.69) is 55.6 Å². The Morgan fingerprint density at radius 2 is 1.77 bits per heavy atom. The lowest BCUT2D eigenvalue weighted by atomic mass is 9.77. The maximum Gasteiger partial charge on any atom is 0.248 e. The first-order valence-corrected chi connectivity index (χ1v) is 14.5. The monoisotopic (exact) mass is 535 g/mol. The van der Waals surface area contributed by atoms with Crippen LogP contribution in [-0.4, -0.2) is 44.8 Å². The molecule has 3 atom stereocenters. The Labute approximate surface area is 235 Å². The fourth-order valence-corrected chi connectivity index (χ4v) is 6.49. The molecule has 0 unspecified atom stereocenters. The Morgan fingerprint density at radius 1 is 0.950 bits per heavy atom. The van der Waals surface area contributed by atoms with Gasteiger partial charge in [-0.05, 0) is 104 Å². The predicted octanol–water partition coefficient (Wildman–Crippen LogP) is 5.71. The summed E-state index contributed by atoms with van der Waals surface area (Å²) in [7, 11) is 0. The highest BCUT2D eigenvalue weighted by Gasteiger charge is 2.30. The zero-order valence-electron chi connectivity index (χ0n) is 22.8. The van der Waals surface area contributed by atoms with Gasteiger partial charge in [-0.3, -0.25) is 4.79 Å². The molecule has 2 aromatic carbocycles. The molecule has 2 fully saturated rings. The lowest BCUT2D eigenvalue weighted by molar-refractivity contribution is 0.100. The van der Waals surface area contributed by atoms with Gasteiger partial charge in [0.2, 0.25) is 5.91 Å². The third-order valence-corrected chi connectivity index (χ3v) is 8.54. The zero-order chi connectivity index (χ0) is 27.3. The first-order valence-electron chi connectivity index (χ1n) is 14.5. The molecule has 1 amide bonds. The van der Waals surface area contributed by atoms with Crippen LogP contribution in [0.25, 0.3) is 16.8 Å². The van der Waals surface area contributed by atoms with Gasteiger partial charge in [-0.15, -0.1) is 0 Å². The normalized spacial score (nSPS) is 21.2. The van der Waals surface area contributed by atoms with E-state index in [-0.39, 0.29) is 0 Å². The Hall–Kier alpha value is -4.20. The van der Waals surface area contributed by atoms with Crippen molar-refractivity contribution >= 4 is 17.4 Å². The average Bonchev–Trinajstić information content (AvgIpc) is 3.54. The van der Waals surface area contributed by atoms with Crippen molar-refractivity contribution in [3.05, 3.63) is 85.1 Å². The van der Waals surface area contributed by atoms with E-state index in [1.54, 1.807) is 23.4 Å². The second-order valence-corrected chi connectivity index (χ2v) is 11.2. The Morgan fingerprint density at radius 3 is 2.60 bits per heavy atom. The topological polar surface area (TPSA) is 102 Å². The van der Waals surface area contributed by atoms with Crippen LogP contribution < -0.4 is 16.0 Å². The summed E-state index contributed by atoms with van der Waals surface area (Å²) >= 11 is 0. The van der Waals surface area contributed by atoms with Crippen LogP contribution in [0.5, 0.6) is 0 Å². The number of carbonyl (C=O) groups excluding carboxylic acids is 1. The van der Waals surface area contributed by atoms with E-state index >= 15 is 0 Å². The molecule has 0 radical (unpaired) electrons. The third-order valence-electron chi connectivity index (χ3n) is 8.54. The number of nitrogens with zero attached hydrogens (tertiary/aromatic N) is 5. The second kappa shape index (κ2) is 11.9. The maximum absolute atomic E-state index is 11.7. The minimum absolute atomic E-state index is 0.413. The maximum atomic E-state index is 11.7. The van der Waals surface area contributed by atoms with Gasteiger partial charge in [0.1, 0.15) is 18.5 Å². The number of aromatic nitrogens is 4. The quantitative estimate of drug-likeness (QED) is 0.300. The van der Waals surface area contributed by atoms with Crippen LogP contribution in [0.1, 0.15) is 55.3 Å². The number of nitrogens with two attached hydrogens (primary N) is 1. The van der Waals surface area contributed by atoms with E-state index < -0.39 is 5.91 Å². The summed E-state index contributed by atoms with van der Waals surface area (Å²) in [5.41, 5.74) is 10.3. The highest BCUT2D eigenvalue weighted by atomic mass is 16.1. The largest absolute Gasteiger partial charge is 0.371 e. The van der Waals surface area contributed by atoms with Crippen LogP contribution in [0.3, 0.4) is 0 Å². The molecule has 40 heavy (non-hydrogen) atoms. The van der Waals surface area contributed by atoms with Crippen molar-refractivity contribution in [2.45, 2.75) is 51.0 Å². The average molecular weight is 536 g/mol. The Balaban J connectivity index is 1.11. The molecular formula is C32H37N7O. The van der Waals surface area contributed by atoms with Crippen molar-refractivity contribution in [1.82, 2.24) is 19.7 Å². The van der Waals surface area contributed by atoms with E-state index in [0.717, 1.165) is 35.7 Å². The van der Waals surface area contributed by atoms with E-state index in [1.165, 1.54) is 50.6 Å². The fraction of sp³-hybridized carbons (Fsp3) is 0.375. The first kappa shape index (κ1) is 26.0. The number of hydrogen-bond acceptors (Lipinski definition) is 6. The molecule has 0 bridgehead atoms. The molecule has 1 aliphatic carbocycles. The summed E-state index contributed by atoms with van der Waals surface area (Å²) < 4.78 is 1.79. The first-order chi connectivity index (χ1) is 19.6. The minimum Gasteiger partial charge on any atom is -0.371 e. The summed E-state index contributed by atoms with van der Waals surface area (Å²) in [5.74, 6) is 1.81. The van der Waals surface area contributed by atoms with Gasteiger partial charge in [0.05, 0.1) is 5.69 Å². The molecule has 4 aromatic rings. The molecule has 3 N–H and O–H groups in total. The Kier molecular flexibility index (Phi) is 7.75. The molecule has 1 saturated heterocycles. The minimum atomic E-state index is -0.413. The number of primary amides is 1. The summed E-state index contributed by atoms with van der Waals surface area (Å²) in [6, 6.07) is 20.7. The SMILES string of the molecule is NC(=O)c1cccc(-c2ccnc(N[C@@H]3CCCC[C@H]3C[C@H]3CCCN(c4ccc(-n5cncn5)cc4)C3)c2)c1. The standard InChI is InChI=1S/C32H37N7O/c33-32(40)27-8-3-7-24(18-27)25-14-15-35-31(19-25)37-30-9-2-1-6-26(30)17-23-5-4-16-38(20-23)28-10-12-29(13-11-28)39-22-34-21-36-39/h3,7-8,10-15,18-19,21-23,26,30H,1-2,4-6,9,16-17,20H2,(H2,33,40)(H,35,37)/t23-,26+,30-/m1/s1. The van der Waals surface area contributed by atoms with Crippen molar-refractivity contribution in [3.8, 4) is 16.8 Å². The molecule has 6 rings (SSSR count). The fourth-order valence-electron chi connectivity index (χ4n) is 6.49. The number of pyridine rings is 1. The molecule has 8 heteroatoms. The van der Waals surface area contributed by atoms with Crippen molar-refractivity contribution in [1.29, 1.82) is 0 Å². The number of nitrogens with one attached hydrogen (secondary N) is 1. The van der Waals surface area contributed by atoms with Gasteiger partial charge in [-0.1, -0.05) is 25.0 Å². The van der Waals surface area contributed by atoms with Crippen LogP contribution in [0, 0.1) is 11.8 Å². The van der Waals surface area contributed by atoms with Crippen LogP contribution in [0.2, 0.25) is 0 Å². The highest BCUT2D eigenvalue weighted by molar-refractivity contribution is 5.94. The van der Waals surface area contributed by atoms with E-state index in [9.17, 15) is 4.79 Å². The van der Waals surface area contributed by atoms with Gasteiger partial charge in [-0.25, -0.2) is 14.6 Å². The Bertz CT molecular complexity index is 1420. The summed E-state index contributed by atoms with van der Waals surface area (Å²) in [6.45, 7) is 2.22. The van der Waals surface area contributed by atoms with Gasteiger partial charge < -0.3 is 16.0 Å². The van der Waals surface area contributed by atoms with Crippen LogP contribution in [0.15, 0.2) is 79.5 Å². The number of rotatable bonds is 8. The van der Waals surface area contributed by atoms with Gasteiger partial charge >= 0.3 is 0 Å². The lowest BCUT2D eigenvalue weighted by Gasteiger charge is -2.39. The molecule has 206 valence electrons. The van der Waals surface area contributed by atoms with E-state index in [1.807, 2.05) is 30.5 Å². The number of anilines is 2. The number of hydrogen-bond donors (Lipinski definition) is 2. The van der Waals surface area contributed by atoms with Gasteiger partial charge in [0.25, 0.3) is 0 Å². The van der Waals surface area contributed by atoms with Crippen molar-refractivity contribution in [2.75, 3.05) is 23.3 Å². The smallest absolute Gasteiger partial charge is 0.248 e. The van der Waals surface area contributed by atoms with Gasteiger partial charge in [0, 0.05) is 36.6 Å². The molecule has 3 heterocycles. The molecule has 8 nitrogen and oxygen atoms in total. The van der Waals surface area contributed by atoms with Gasteiger partial charge in [-0.2, -0.15) is 5.10 Å². The molecule has 1 saturated carbocycles. The highest BCUT2D eigenvalue weighted by Crippen LogP contribution is 2.35.